The van der Waals surface area contributed by atoms with Crippen LogP contribution in [-0.2, 0) is 6.54 Å². The predicted octanol–water partition coefficient (Wildman–Crippen LogP) is 2.61. The normalized spacial score (nSPS) is 24.8. The minimum Gasteiger partial charge on any atom is -0.466 e. The highest BCUT2D eigenvalue weighted by Gasteiger charge is 2.23. The summed E-state index contributed by atoms with van der Waals surface area (Å²) in [6, 6.07) is 0. The highest BCUT2D eigenvalue weighted by Crippen LogP contribution is 2.30. The second-order valence-corrected chi connectivity index (χ2v) is 5.70. The lowest BCUT2D eigenvalue weighted by Crippen LogP contribution is -2.25. The number of hydrogen-bond acceptors (Lipinski definition) is 5. The van der Waals surface area contributed by atoms with Gasteiger partial charge in [-0.25, -0.2) is 0 Å². The van der Waals surface area contributed by atoms with Crippen molar-refractivity contribution in [2.75, 3.05) is 7.05 Å². The number of aromatic nitrogens is 2. The van der Waals surface area contributed by atoms with Gasteiger partial charge in [0.05, 0.1) is 0 Å². The molecule has 0 radical (unpaired) electrons. The van der Waals surface area contributed by atoms with Crippen LogP contribution in [0.5, 0.6) is 5.19 Å². The van der Waals surface area contributed by atoms with Crippen molar-refractivity contribution in [3.8, 4) is 5.19 Å². The van der Waals surface area contributed by atoms with E-state index in [2.05, 4.69) is 22.4 Å². The van der Waals surface area contributed by atoms with Crippen molar-refractivity contribution in [2.45, 2.75) is 51.7 Å². The molecule has 2 rings (SSSR count). The minimum atomic E-state index is 0.351. The third kappa shape index (κ3) is 3.64. The lowest BCUT2D eigenvalue weighted by molar-refractivity contribution is 0.121. The monoisotopic (exact) mass is 255 g/mol. The van der Waals surface area contributed by atoms with Crippen LogP contribution in [0, 0.1) is 5.92 Å². The molecule has 0 spiro atoms. The molecule has 0 bridgehead atoms. The summed E-state index contributed by atoms with van der Waals surface area (Å²) in [4.78, 5) is 0. The Labute approximate surface area is 107 Å². The molecule has 0 aliphatic heterocycles. The van der Waals surface area contributed by atoms with Crippen molar-refractivity contribution in [1.82, 2.24) is 15.5 Å². The molecular formula is C12H21N3OS. The maximum absolute atomic E-state index is 5.93. The molecule has 2 unspecified atom stereocenters. The van der Waals surface area contributed by atoms with Crippen LogP contribution < -0.4 is 10.1 Å². The average molecular weight is 255 g/mol. The zero-order valence-corrected chi connectivity index (χ0v) is 11.4. The molecule has 5 heteroatoms. The van der Waals surface area contributed by atoms with E-state index in [0.717, 1.165) is 29.1 Å². The van der Waals surface area contributed by atoms with Gasteiger partial charge >= 0.3 is 0 Å². The molecule has 17 heavy (non-hydrogen) atoms. The molecule has 0 aromatic carbocycles. The fourth-order valence-corrected chi connectivity index (χ4v) is 3.14. The number of ether oxygens (including phenoxy) is 1. The molecule has 1 aliphatic rings. The summed E-state index contributed by atoms with van der Waals surface area (Å²) in [6.07, 6.45) is 6.60. The molecule has 1 N–H and O–H groups in total. The Morgan fingerprint density at radius 2 is 2.29 bits per heavy atom. The van der Waals surface area contributed by atoms with Crippen molar-refractivity contribution in [3.63, 3.8) is 0 Å². The Morgan fingerprint density at radius 1 is 1.41 bits per heavy atom. The molecular weight excluding hydrogens is 234 g/mol. The van der Waals surface area contributed by atoms with E-state index in [0.29, 0.717) is 6.10 Å². The molecule has 96 valence electrons. The van der Waals surface area contributed by atoms with Crippen molar-refractivity contribution in [3.05, 3.63) is 5.01 Å². The van der Waals surface area contributed by atoms with Crippen LogP contribution in [-0.4, -0.2) is 23.3 Å². The van der Waals surface area contributed by atoms with Gasteiger partial charge in [0.1, 0.15) is 11.1 Å². The zero-order valence-electron chi connectivity index (χ0n) is 10.6. The average Bonchev–Trinajstić information content (AvgIpc) is 2.77. The summed E-state index contributed by atoms with van der Waals surface area (Å²) < 4.78 is 5.93. The Hall–Kier alpha value is -0.680. The van der Waals surface area contributed by atoms with Gasteiger partial charge in [0.2, 0.25) is 0 Å². The van der Waals surface area contributed by atoms with Crippen LogP contribution in [0.1, 0.15) is 44.0 Å². The summed E-state index contributed by atoms with van der Waals surface area (Å²) in [5.74, 6) is 0.832. The fourth-order valence-electron chi connectivity index (χ4n) is 2.37. The minimum absolute atomic E-state index is 0.351. The molecule has 2 atom stereocenters. The van der Waals surface area contributed by atoms with Gasteiger partial charge in [0.15, 0.2) is 0 Å². The molecule has 1 aliphatic carbocycles. The summed E-state index contributed by atoms with van der Waals surface area (Å²) in [5.41, 5.74) is 0. The second-order valence-electron chi connectivity index (χ2n) is 4.67. The first-order valence-corrected chi connectivity index (χ1v) is 7.27. The Morgan fingerprint density at radius 3 is 3.06 bits per heavy atom. The van der Waals surface area contributed by atoms with Crippen molar-refractivity contribution in [1.29, 1.82) is 0 Å². The number of rotatable bonds is 5. The Kier molecular flexibility index (Phi) is 4.74. The fraction of sp³-hybridized carbons (Fsp3) is 0.833. The van der Waals surface area contributed by atoms with Crippen LogP contribution in [0.25, 0.3) is 0 Å². The molecule has 1 fully saturated rings. The molecule has 0 saturated heterocycles. The number of hydrogen-bond donors (Lipinski definition) is 1. The van der Waals surface area contributed by atoms with E-state index in [1.54, 1.807) is 11.3 Å². The molecule has 1 heterocycles. The highest BCUT2D eigenvalue weighted by molar-refractivity contribution is 7.13. The van der Waals surface area contributed by atoms with Crippen LogP contribution in [0.3, 0.4) is 0 Å². The molecule has 1 aromatic heterocycles. The smallest absolute Gasteiger partial charge is 0.294 e. The quantitative estimate of drug-likeness (QED) is 0.878. The van der Waals surface area contributed by atoms with Crippen molar-refractivity contribution < 1.29 is 4.74 Å². The summed E-state index contributed by atoms with van der Waals surface area (Å²) in [7, 11) is 1.91. The van der Waals surface area contributed by atoms with Crippen LogP contribution in [0.2, 0.25) is 0 Å². The topological polar surface area (TPSA) is 47.0 Å². The second kappa shape index (κ2) is 6.31. The molecule has 1 saturated carbocycles. The predicted molar refractivity (Wildman–Crippen MR) is 69.3 cm³/mol. The zero-order chi connectivity index (χ0) is 12.1. The maximum Gasteiger partial charge on any atom is 0.294 e. The van der Waals surface area contributed by atoms with E-state index in [9.17, 15) is 0 Å². The van der Waals surface area contributed by atoms with Gasteiger partial charge in [-0.05, 0) is 32.2 Å². The Bertz CT molecular complexity index is 342. The molecule has 1 aromatic rings. The van der Waals surface area contributed by atoms with Gasteiger partial charge in [-0.3, -0.25) is 0 Å². The third-order valence-electron chi connectivity index (χ3n) is 3.36. The van der Waals surface area contributed by atoms with Gasteiger partial charge in [0, 0.05) is 6.54 Å². The van der Waals surface area contributed by atoms with Crippen LogP contribution in [0.15, 0.2) is 0 Å². The van der Waals surface area contributed by atoms with Gasteiger partial charge in [-0.2, -0.15) is 0 Å². The lowest BCUT2D eigenvalue weighted by atomic mass is 9.86. The SMILES string of the molecule is CCC1CCCC(Oc2nnc(CNC)s2)C1. The number of nitrogens with zero attached hydrogens (tertiary/aromatic N) is 2. The standard InChI is InChI=1S/C12H21N3OS/c1-3-9-5-4-6-10(7-9)16-12-15-14-11(17-12)8-13-2/h9-10,13H,3-8H2,1-2H3. The van der Waals surface area contributed by atoms with E-state index >= 15 is 0 Å². The largest absolute Gasteiger partial charge is 0.466 e. The van der Waals surface area contributed by atoms with Gasteiger partial charge in [0.25, 0.3) is 5.19 Å². The highest BCUT2D eigenvalue weighted by atomic mass is 32.1. The van der Waals surface area contributed by atoms with E-state index < -0.39 is 0 Å². The Balaban J connectivity index is 1.86. The first kappa shape index (κ1) is 12.8. The first-order chi connectivity index (χ1) is 8.31. The summed E-state index contributed by atoms with van der Waals surface area (Å²) in [6.45, 7) is 3.03. The summed E-state index contributed by atoms with van der Waals surface area (Å²) >= 11 is 1.55. The summed E-state index contributed by atoms with van der Waals surface area (Å²) in [5, 5.41) is 13.0. The van der Waals surface area contributed by atoms with E-state index in [-0.39, 0.29) is 0 Å². The van der Waals surface area contributed by atoms with Crippen LogP contribution >= 0.6 is 11.3 Å². The first-order valence-electron chi connectivity index (χ1n) is 6.45. The van der Waals surface area contributed by atoms with Crippen LogP contribution in [0.4, 0.5) is 0 Å². The van der Waals surface area contributed by atoms with Gasteiger partial charge < -0.3 is 10.1 Å². The number of nitrogens with one attached hydrogen (secondary N) is 1. The molecule has 4 nitrogen and oxygen atoms in total. The van der Waals surface area contributed by atoms with Gasteiger partial charge in [-0.15, -0.1) is 5.10 Å². The van der Waals surface area contributed by atoms with Crippen molar-refractivity contribution >= 4 is 11.3 Å². The third-order valence-corrected chi connectivity index (χ3v) is 4.17. The van der Waals surface area contributed by atoms with E-state index in [4.69, 9.17) is 4.74 Å². The lowest BCUT2D eigenvalue weighted by Gasteiger charge is -2.27. The van der Waals surface area contributed by atoms with E-state index in [1.165, 1.54) is 25.7 Å². The molecule has 0 amide bonds. The maximum atomic E-state index is 5.93. The van der Waals surface area contributed by atoms with Gasteiger partial charge in [-0.1, -0.05) is 36.2 Å². The van der Waals surface area contributed by atoms with E-state index in [1.807, 2.05) is 7.05 Å². The van der Waals surface area contributed by atoms with Crippen molar-refractivity contribution in [2.24, 2.45) is 5.92 Å².